The Morgan fingerprint density at radius 2 is 2.00 bits per heavy atom. The smallest absolute Gasteiger partial charge is 0.407 e. The average molecular weight is 284 g/mol. The van der Waals surface area contributed by atoms with Gasteiger partial charge >= 0.3 is 6.09 Å². The number of β-lactam (4-membered cyclic amide) rings is 1. The number of hydrogen-bond acceptors (Lipinski definition) is 3. The summed E-state index contributed by atoms with van der Waals surface area (Å²) in [5.74, 6) is 0.510. The van der Waals surface area contributed by atoms with Gasteiger partial charge in [0.2, 0.25) is 5.91 Å². The third-order valence-corrected chi connectivity index (χ3v) is 3.38. The molecule has 2 N–H and O–H groups in total. The van der Waals surface area contributed by atoms with Crippen molar-refractivity contribution >= 4 is 12.0 Å². The molecule has 20 heavy (non-hydrogen) atoms. The summed E-state index contributed by atoms with van der Waals surface area (Å²) in [6.45, 7) is 11.7. The molecule has 0 spiro atoms. The van der Waals surface area contributed by atoms with Crippen LogP contribution in [0.1, 0.15) is 54.4 Å². The highest BCUT2D eigenvalue weighted by molar-refractivity contribution is 5.86. The van der Waals surface area contributed by atoms with E-state index in [1.807, 2.05) is 27.7 Å². The third kappa shape index (κ3) is 4.69. The van der Waals surface area contributed by atoms with Gasteiger partial charge in [0.15, 0.2) is 0 Å². The maximum atomic E-state index is 11.9. The Bertz CT molecular complexity index is 361. The second-order valence-electron chi connectivity index (χ2n) is 6.93. The van der Waals surface area contributed by atoms with Crippen LogP contribution in [0, 0.1) is 11.8 Å². The van der Waals surface area contributed by atoms with Crippen molar-refractivity contribution < 1.29 is 14.3 Å². The Balaban J connectivity index is 2.66. The van der Waals surface area contributed by atoms with Gasteiger partial charge in [-0.3, -0.25) is 4.79 Å². The monoisotopic (exact) mass is 284 g/mol. The number of alkyl carbamates (subject to hydrolysis) is 1. The zero-order chi connectivity index (χ0) is 15.5. The van der Waals surface area contributed by atoms with Crippen molar-refractivity contribution in [3.63, 3.8) is 0 Å². The maximum Gasteiger partial charge on any atom is 0.407 e. The highest BCUT2D eigenvalue weighted by Crippen LogP contribution is 2.25. The molecule has 0 aromatic heterocycles. The van der Waals surface area contributed by atoms with Gasteiger partial charge in [-0.25, -0.2) is 4.79 Å². The standard InChI is InChI=1S/C15H28N2O3/c1-7-10-12(17-13(10)18)11(8-9(2)3)16-14(19)20-15(4,5)6/h9-12H,7-8H2,1-6H3,(H,16,19)(H,17,18)/t10-,11+,12+/m1/s1. The first-order chi connectivity index (χ1) is 9.14. The maximum absolute atomic E-state index is 11.9. The van der Waals surface area contributed by atoms with Crippen LogP contribution in [0.2, 0.25) is 0 Å². The second-order valence-corrected chi connectivity index (χ2v) is 6.93. The fourth-order valence-electron chi connectivity index (χ4n) is 2.52. The molecule has 1 aliphatic rings. The van der Waals surface area contributed by atoms with Gasteiger partial charge in [0, 0.05) is 0 Å². The highest BCUT2D eigenvalue weighted by atomic mass is 16.6. The Hall–Kier alpha value is -1.26. The van der Waals surface area contributed by atoms with E-state index >= 15 is 0 Å². The molecule has 1 rings (SSSR count). The van der Waals surface area contributed by atoms with Crippen LogP contribution in [-0.2, 0) is 9.53 Å². The zero-order valence-corrected chi connectivity index (χ0v) is 13.4. The highest BCUT2D eigenvalue weighted by Gasteiger charge is 2.43. The number of carbonyl (C=O) groups excluding carboxylic acids is 2. The van der Waals surface area contributed by atoms with Crippen molar-refractivity contribution in [3.8, 4) is 0 Å². The summed E-state index contributed by atoms with van der Waals surface area (Å²) in [7, 11) is 0. The number of carbonyl (C=O) groups is 2. The van der Waals surface area contributed by atoms with Gasteiger partial charge in [0.25, 0.3) is 0 Å². The summed E-state index contributed by atoms with van der Waals surface area (Å²) in [6, 6.07) is -0.0603. The molecule has 2 amide bonds. The van der Waals surface area contributed by atoms with Gasteiger partial charge in [0.1, 0.15) is 5.60 Å². The quantitative estimate of drug-likeness (QED) is 0.762. The van der Waals surface area contributed by atoms with E-state index in [-0.39, 0.29) is 23.9 Å². The summed E-state index contributed by atoms with van der Waals surface area (Å²) in [5.41, 5.74) is -0.514. The molecule has 3 atom stereocenters. The van der Waals surface area contributed by atoms with Crippen LogP contribution in [-0.4, -0.2) is 29.7 Å². The summed E-state index contributed by atoms with van der Waals surface area (Å²) in [5, 5.41) is 5.82. The van der Waals surface area contributed by atoms with Gasteiger partial charge in [-0.15, -0.1) is 0 Å². The average Bonchev–Trinajstić information content (AvgIpc) is 2.21. The lowest BCUT2D eigenvalue weighted by Gasteiger charge is -2.42. The van der Waals surface area contributed by atoms with Gasteiger partial charge in [-0.1, -0.05) is 20.8 Å². The lowest BCUT2D eigenvalue weighted by atomic mass is 9.80. The van der Waals surface area contributed by atoms with Crippen LogP contribution in [0.4, 0.5) is 4.79 Å². The Morgan fingerprint density at radius 1 is 1.40 bits per heavy atom. The van der Waals surface area contributed by atoms with Crippen molar-refractivity contribution in [2.45, 2.75) is 72.1 Å². The molecular formula is C15H28N2O3. The molecule has 0 unspecified atom stereocenters. The van der Waals surface area contributed by atoms with Gasteiger partial charge in [-0.05, 0) is 39.5 Å². The molecule has 5 heteroatoms. The molecular weight excluding hydrogens is 256 g/mol. The number of rotatable bonds is 5. The Labute approximate surface area is 121 Å². The number of nitrogens with one attached hydrogen (secondary N) is 2. The first-order valence-electron chi connectivity index (χ1n) is 7.44. The van der Waals surface area contributed by atoms with E-state index in [0.717, 1.165) is 12.8 Å². The molecule has 0 bridgehead atoms. The van der Waals surface area contributed by atoms with Crippen LogP contribution < -0.4 is 10.6 Å². The SMILES string of the molecule is CC[C@H]1C(=O)N[C@@H]1[C@H](CC(C)C)NC(=O)OC(C)(C)C. The number of ether oxygens (including phenoxy) is 1. The molecule has 116 valence electrons. The van der Waals surface area contributed by atoms with Gasteiger partial charge < -0.3 is 15.4 Å². The van der Waals surface area contributed by atoms with Crippen LogP contribution in [0.5, 0.6) is 0 Å². The van der Waals surface area contributed by atoms with Crippen LogP contribution in [0.25, 0.3) is 0 Å². The summed E-state index contributed by atoms with van der Waals surface area (Å²) in [4.78, 5) is 23.4. The van der Waals surface area contributed by atoms with Crippen LogP contribution >= 0.6 is 0 Å². The lowest BCUT2D eigenvalue weighted by molar-refractivity contribution is -0.136. The molecule has 5 nitrogen and oxygen atoms in total. The molecule has 0 radical (unpaired) electrons. The predicted octanol–water partition coefficient (Wildman–Crippen LogP) is 2.45. The zero-order valence-electron chi connectivity index (χ0n) is 13.4. The molecule has 1 fully saturated rings. The minimum Gasteiger partial charge on any atom is -0.444 e. The van der Waals surface area contributed by atoms with Crippen molar-refractivity contribution in [1.29, 1.82) is 0 Å². The van der Waals surface area contributed by atoms with Gasteiger partial charge in [0.05, 0.1) is 18.0 Å². The summed E-state index contributed by atoms with van der Waals surface area (Å²) in [6.07, 6.45) is 1.20. The first kappa shape index (κ1) is 16.8. The van der Waals surface area contributed by atoms with Crippen molar-refractivity contribution in [3.05, 3.63) is 0 Å². The molecule has 1 saturated heterocycles. The normalized spacial score (nSPS) is 23.9. The minimum absolute atomic E-state index is 0.00585. The van der Waals surface area contributed by atoms with Crippen molar-refractivity contribution in [2.24, 2.45) is 11.8 Å². The van der Waals surface area contributed by atoms with E-state index in [4.69, 9.17) is 4.74 Å². The Kier molecular flexibility index (Phi) is 5.42. The largest absolute Gasteiger partial charge is 0.444 e. The van der Waals surface area contributed by atoms with E-state index in [0.29, 0.717) is 5.92 Å². The summed E-state index contributed by atoms with van der Waals surface area (Å²) < 4.78 is 5.30. The van der Waals surface area contributed by atoms with E-state index < -0.39 is 11.7 Å². The molecule has 0 saturated carbocycles. The summed E-state index contributed by atoms with van der Waals surface area (Å²) >= 11 is 0. The van der Waals surface area contributed by atoms with E-state index in [1.54, 1.807) is 0 Å². The number of hydrogen-bond donors (Lipinski definition) is 2. The van der Waals surface area contributed by atoms with E-state index in [9.17, 15) is 9.59 Å². The second kappa shape index (κ2) is 6.46. The fraction of sp³-hybridized carbons (Fsp3) is 0.867. The van der Waals surface area contributed by atoms with Crippen LogP contribution in [0.15, 0.2) is 0 Å². The minimum atomic E-state index is -0.514. The van der Waals surface area contributed by atoms with Crippen molar-refractivity contribution in [2.75, 3.05) is 0 Å². The van der Waals surface area contributed by atoms with Crippen molar-refractivity contribution in [1.82, 2.24) is 10.6 Å². The molecule has 1 heterocycles. The molecule has 1 aliphatic heterocycles. The predicted molar refractivity (Wildman–Crippen MR) is 78.3 cm³/mol. The lowest BCUT2D eigenvalue weighted by Crippen LogP contribution is -2.67. The Morgan fingerprint density at radius 3 is 2.40 bits per heavy atom. The fourth-order valence-corrected chi connectivity index (χ4v) is 2.52. The first-order valence-corrected chi connectivity index (χ1v) is 7.44. The molecule has 0 aromatic rings. The van der Waals surface area contributed by atoms with E-state index in [2.05, 4.69) is 24.5 Å². The van der Waals surface area contributed by atoms with Gasteiger partial charge in [-0.2, -0.15) is 0 Å². The number of amides is 2. The van der Waals surface area contributed by atoms with Crippen LogP contribution in [0.3, 0.4) is 0 Å². The third-order valence-electron chi connectivity index (χ3n) is 3.38. The van der Waals surface area contributed by atoms with E-state index in [1.165, 1.54) is 0 Å². The molecule has 0 aromatic carbocycles. The molecule has 0 aliphatic carbocycles. The topological polar surface area (TPSA) is 67.4 Å².